The molecule has 23 heavy (non-hydrogen) atoms. The Morgan fingerprint density at radius 2 is 1.78 bits per heavy atom. The maximum atomic E-state index is 12.2. The van der Waals surface area contributed by atoms with Gasteiger partial charge in [0.2, 0.25) is 5.91 Å². The summed E-state index contributed by atoms with van der Waals surface area (Å²) in [5, 5.41) is 5.80. The molecule has 0 spiro atoms. The molecule has 1 aliphatic carbocycles. The van der Waals surface area contributed by atoms with E-state index in [1.807, 2.05) is 12.1 Å². The largest absolute Gasteiger partial charge is 0.349 e. The van der Waals surface area contributed by atoms with Gasteiger partial charge in [-0.2, -0.15) is 0 Å². The lowest BCUT2D eigenvalue weighted by atomic mass is 10.1. The molecule has 5 nitrogen and oxygen atoms in total. The van der Waals surface area contributed by atoms with Crippen LogP contribution in [0.5, 0.6) is 0 Å². The van der Waals surface area contributed by atoms with Crippen LogP contribution in [-0.4, -0.2) is 24.4 Å². The van der Waals surface area contributed by atoms with Gasteiger partial charge in [0.25, 0.3) is 5.91 Å². The van der Waals surface area contributed by atoms with Gasteiger partial charge in [0.1, 0.15) is 0 Å². The van der Waals surface area contributed by atoms with E-state index in [9.17, 15) is 9.59 Å². The number of unbranched alkanes of at least 4 members (excludes halogenated alkanes) is 3. The van der Waals surface area contributed by atoms with Crippen LogP contribution in [0.15, 0.2) is 24.3 Å². The lowest BCUT2D eigenvalue weighted by molar-refractivity contribution is -0.116. The van der Waals surface area contributed by atoms with Crippen molar-refractivity contribution in [3.8, 4) is 0 Å². The van der Waals surface area contributed by atoms with Gasteiger partial charge >= 0.3 is 0 Å². The Morgan fingerprint density at radius 1 is 1.09 bits per heavy atom. The number of nitrogens with one attached hydrogen (secondary N) is 2. The molecule has 1 aromatic carbocycles. The maximum absolute atomic E-state index is 12.2. The third-order valence-corrected chi connectivity index (χ3v) is 3.72. The van der Waals surface area contributed by atoms with Crippen LogP contribution in [0.25, 0.3) is 0 Å². The van der Waals surface area contributed by atoms with Crippen molar-refractivity contribution in [1.82, 2.24) is 5.32 Å². The molecule has 2 rings (SSSR count). The van der Waals surface area contributed by atoms with Gasteiger partial charge in [-0.3, -0.25) is 9.59 Å². The van der Waals surface area contributed by atoms with E-state index in [0.29, 0.717) is 30.3 Å². The molecule has 1 aromatic rings. The second kappa shape index (κ2) is 10.2. The molecule has 0 radical (unpaired) electrons. The molecule has 6 heteroatoms. The highest BCUT2D eigenvalue weighted by molar-refractivity contribution is 6.03. The van der Waals surface area contributed by atoms with E-state index in [-0.39, 0.29) is 24.2 Å². The van der Waals surface area contributed by atoms with Crippen molar-refractivity contribution in [2.24, 2.45) is 5.73 Å². The van der Waals surface area contributed by atoms with Crippen molar-refractivity contribution in [3.05, 3.63) is 29.8 Å². The lowest BCUT2D eigenvalue weighted by Gasteiger charge is -2.11. The summed E-state index contributed by atoms with van der Waals surface area (Å²) in [4.78, 5) is 24.1. The molecule has 0 atom stereocenters. The Labute approximate surface area is 143 Å². The number of anilines is 1. The highest BCUT2D eigenvalue weighted by atomic mass is 35.5. The minimum atomic E-state index is -0.110. The normalized spacial score (nSPS) is 13.1. The highest BCUT2D eigenvalue weighted by Crippen LogP contribution is 2.21. The van der Waals surface area contributed by atoms with E-state index >= 15 is 0 Å². The van der Waals surface area contributed by atoms with Gasteiger partial charge in [0.05, 0.1) is 11.3 Å². The fourth-order valence-electron chi connectivity index (χ4n) is 2.28. The average molecular weight is 340 g/mol. The molecule has 4 N–H and O–H groups in total. The van der Waals surface area contributed by atoms with Crippen LogP contribution < -0.4 is 16.4 Å². The summed E-state index contributed by atoms with van der Waals surface area (Å²) in [5.74, 6) is -0.152. The first-order chi connectivity index (χ1) is 10.7. The molecule has 0 aromatic heterocycles. The fourth-order valence-corrected chi connectivity index (χ4v) is 2.28. The third kappa shape index (κ3) is 7.01. The molecule has 1 aliphatic rings. The Balaban J connectivity index is 0.00000264. The summed E-state index contributed by atoms with van der Waals surface area (Å²) in [6, 6.07) is 7.46. The first-order valence-electron chi connectivity index (χ1n) is 8.10. The first-order valence-corrected chi connectivity index (χ1v) is 8.10. The summed E-state index contributed by atoms with van der Waals surface area (Å²) >= 11 is 0. The van der Waals surface area contributed by atoms with Gasteiger partial charge in [-0.25, -0.2) is 0 Å². The number of hydrogen-bond donors (Lipinski definition) is 3. The van der Waals surface area contributed by atoms with Gasteiger partial charge < -0.3 is 16.4 Å². The number of amides is 2. The SMILES string of the molecule is Cl.NCCCCCCC(=O)Nc1ccccc1C(=O)NC1CC1. The van der Waals surface area contributed by atoms with Crippen LogP contribution in [0.3, 0.4) is 0 Å². The second-order valence-electron chi connectivity index (χ2n) is 5.79. The third-order valence-electron chi connectivity index (χ3n) is 3.72. The van der Waals surface area contributed by atoms with Crippen LogP contribution in [0, 0.1) is 0 Å². The van der Waals surface area contributed by atoms with Gasteiger partial charge in [0.15, 0.2) is 0 Å². The van der Waals surface area contributed by atoms with Crippen LogP contribution >= 0.6 is 12.4 Å². The van der Waals surface area contributed by atoms with Crippen molar-refractivity contribution in [1.29, 1.82) is 0 Å². The maximum Gasteiger partial charge on any atom is 0.253 e. The molecule has 2 amide bonds. The number of halogens is 1. The number of carbonyl (C=O) groups excluding carboxylic acids is 2. The molecule has 0 bridgehead atoms. The predicted molar refractivity (Wildman–Crippen MR) is 94.9 cm³/mol. The standard InChI is InChI=1S/C17H25N3O2.ClH/c18-12-6-2-1-3-9-16(21)20-15-8-5-4-7-14(15)17(22)19-13-10-11-13;/h4-5,7-8,13H,1-3,6,9-12,18H2,(H,19,22)(H,20,21);1H. The number of rotatable bonds is 9. The molecule has 0 heterocycles. The number of para-hydroxylation sites is 1. The summed E-state index contributed by atoms with van der Waals surface area (Å²) < 4.78 is 0. The summed E-state index contributed by atoms with van der Waals surface area (Å²) in [6.45, 7) is 0.704. The summed E-state index contributed by atoms with van der Waals surface area (Å²) in [6.07, 6.45) is 6.49. The zero-order chi connectivity index (χ0) is 15.8. The van der Waals surface area contributed by atoms with E-state index in [0.717, 1.165) is 38.5 Å². The van der Waals surface area contributed by atoms with E-state index < -0.39 is 0 Å². The zero-order valence-corrected chi connectivity index (χ0v) is 14.2. The number of hydrogen-bond acceptors (Lipinski definition) is 3. The molecular formula is C17H26ClN3O2. The zero-order valence-electron chi connectivity index (χ0n) is 13.3. The fraction of sp³-hybridized carbons (Fsp3) is 0.529. The molecule has 1 fully saturated rings. The van der Waals surface area contributed by atoms with E-state index in [1.54, 1.807) is 12.1 Å². The van der Waals surface area contributed by atoms with Crippen LogP contribution in [0.2, 0.25) is 0 Å². The van der Waals surface area contributed by atoms with Crippen molar-refractivity contribution in [2.75, 3.05) is 11.9 Å². The molecule has 0 saturated heterocycles. The number of nitrogens with two attached hydrogens (primary N) is 1. The molecule has 1 saturated carbocycles. The number of benzene rings is 1. The Morgan fingerprint density at radius 3 is 2.48 bits per heavy atom. The van der Waals surface area contributed by atoms with Gasteiger partial charge in [-0.05, 0) is 44.4 Å². The minimum absolute atomic E-state index is 0. The van der Waals surface area contributed by atoms with Crippen molar-refractivity contribution in [2.45, 2.75) is 51.0 Å². The van der Waals surface area contributed by atoms with Gasteiger partial charge in [-0.1, -0.05) is 25.0 Å². The van der Waals surface area contributed by atoms with E-state index in [1.165, 1.54) is 0 Å². The van der Waals surface area contributed by atoms with E-state index in [4.69, 9.17) is 5.73 Å². The van der Waals surface area contributed by atoms with Crippen LogP contribution in [0.1, 0.15) is 55.3 Å². The average Bonchev–Trinajstić information content (AvgIpc) is 3.31. The Bertz CT molecular complexity index is 518. The molecule has 128 valence electrons. The van der Waals surface area contributed by atoms with Gasteiger partial charge in [-0.15, -0.1) is 12.4 Å². The first kappa shape index (κ1) is 19.5. The molecule has 0 unspecified atom stereocenters. The van der Waals surface area contributed by atoms with Crippen LogP contribution in [0.4, 0.5) is 5.69 Å². The van der Waals surface area contributed by atoms with Gasteiger partial charge in [0, 0.05) is 12.5 Å². The lowest BCUT2D eigenvalue weighted by Crippen LogP contribution is -2.26. The monoisotopic (exact) mass is 339 g/mol. The number of carbonyl (C=O) groups is 2. The Hall–Kier alpha value is -1.59. The smallest absolute Gasteiger partial charge is 0.253 e. The van der Waals surface area contributed by atoms with Crippen LogP contribution in [-0.2, 0) is 4.79 Å². The topological polar surface area (TPSA) is 84.2 Å². The quantitative estimate of drug-likeness (QED) is 0.605. The van der Waals surface area contributed by atoms with Crippen molar-refractivity contribution in [3.63, 3.8) is 0 Å². The van der Waals surface area contributed by atoms with Crippen molar-refractivity contribution < 1.29 is 9.59 Å². The summed E-state index contributed by atoms with van der Waals surface area (Å²) in [5.41, 5.74) is 6.56. The minimum Gasteiger partial charge on any atom is -0.349 e. The second-order valence-corrected chi connectivity index (χ2v) is 5.79. The predicted octanol–water partition coefficient (Wildman–Crippen LogP) is 2.85. The van der Waals surface area contributed by atoms with Crippen molar-refractivity contribution >= 4 is 29.9 Å². The molecule has 0 aliphatic heterocycles. The Kier molecular flexibility index (Phi) is 8.66. The summed E-state index contributed by atoms with van der Waals surface area (Å²) in [7, 11) is 0. The molecular weight excluding hydrogens is 314 g/mol. The van der Waals surface area contributed by atoms with E-state index in [2.05, 4.69) is 10.6 Å². The highest BCUT2D eigenvalue weighted by Gasteiger charge is 2.24.